The molecule has 2 unspecified atom stereocenters. The average molecular weight is 161 g/mol. The van der Waals surface area contributed by atoms with E-state index in [0.717, 1.165) is 12.8 Å². The molecular formula is C9H23NO. The number of likely N-dealkylation sites (N-methyl/N-ethyl adjacent to an activating group) is 1. The van der Waals surface area contributed by atoms with Gasteiger partial charge in [-0.3, -0.25) is 0 Å². The molecule has 0 amide bonds. The second-order valence-electron chi connectivity index (χ2n) is 2.43. The lowest BCUT2D eigenvalue weighted by molar-refractivity contribution is 0.128. The van der Waals surface area contributed by atoms with E-state index in [0.29, 0.717) is 0 Å². The van der Waals surface area contributed by atoms with E-state index < -0.39 is 0 Å². The van der Waals surface area contributed by atoms with Crippen LogP contribution < -0.4 is 5.32 Å². The van der Waals surface area contributed by atoms with Crippen molar-refractivity contribution in [3.63, 3.8) is 0 Å². The molecular weight excluding hydrogens is 138 g/mol. The Labute approximate surface area is 71.0 Å². The molecule has 2 N–H and O–H groups in total. The molecule has 2 heteroatoms. The highest BCUT2D eigenvalue weighted by atomic mass is 16.3. The quantitative estimate of drug-likeness (QED) is 0.658. The molecule has 0 saturated heterocycles. The number of rotatable bonds is 4. The van der Waals surface area contributed by atoms with Crippen molar-refractivity contribution < 1.29 is 5.11 Å². The van der Waals surface area contributed by atoms with Gasteiger partial charge in [0.15, 0.2) is 0 Å². The molecule has 0 aliphatic heterocycles. The van der Waals surface area contributed by atoms with Crippen molar-refractivity contribution in [1.82, 2.24) is 5.32 Å². The first-order valence-electron chi connectivity index (χ1n) is 4.57. The third-order valence-electron chi connectivity index (χ3n) is 1.62. The maximum absolute atomic E-state index is 9.26. The molecule has 11 heavy (non-hydrogen) atoms. The Bertz CT molecular complexity index is 66.6. The standard InChI is InChI=1S/C7H17NO.C2H6/c1-4-5-7(9)6(2)8-3;1-2/h6-9H,4-5H2,1-3H3;1-2H3. The zero-order valence-electron chi connectivity index (χ0n) is 8.52. The molecule has 0 bridgehead atoms. The van der Waals surface area contributed by atoms with Crippen molar-refractivity contribution in [2.45, 2.75) is 52.7 Å². The van der Waals surface area contributed by atoms with Crippen LogP contribution in [0.25, 0.3) is 0 Å². The van der Waals surface area contributed by atoms with E-state index in [1.165, 1.54) is 0 Å². The summed E-state index contributed by atoms with van der Waals surface area (Å²) in [7, 11) is 1.86. The molecule has 0 heterocycles. The van der Waals surface area contributed by atoms with Crippen molar-refractivity contribution in [3.8, 4) is 0 Å². The number of aliphatic hydroxyl groups is 1. The van der Waals surface area contributed by atoms with Crippen molar-refractivity contribution in [2.24, 2.45) is 0 Å². The zero-order chi connectivity index (χ0) is 9.28. The molecule has 0 spiro atoms. The Morgan fingerprint density at radius 2 is 1.82 bits per heavy atom. The van der Waals surface area contributed by atoms with Crippen molar-refractivity contribution >= 4 is 0 Å². The Hall–Kier alpha value is -0.0800. The van der Waals surface area contributed by atoms with Crippen LogP contribution in [0, 0.1) is 0 Å². The van der Waals surface area contributed by atoms with Gasteiger partial charge in [0.25, 0.3) is 0 Å². The van der Waals surface area contributed by atoms with Gasteiger partial charge in [0.1, 0.15) is 0 Å². The molecule has 0 fully saturated rings. The van der Waals surface area contributed by atoms with Crippen LogP contribution in [0.15, 0.2) is 0 Å². The summed E-state index contributed by atoms with van der Waals surface area (Å²) >= 11 is 0. The van der Waals surface area contributed by atoms with Gasteiger partial charge in [-0.25, -0.2) is 0 Å². The topological polar surface area (TPSA) is 32.3 Å². The summed E-state index contributed by atoms with van der Waals surface area (Å²) in [6.45, 7) is 8.06. The van der Waals surface area contributed by atoms with Gasteiger partial charge in [0.05, 0.1) is 6.10 Å². The van der Waals surface area contributed by atoms with Crippen LogP contribution in [-0.4, -0.2) is 24.3 Å². The molecule has 0 aromatic heterocycles. The Morgan fingerprint density at radius 1 is 1.36 bits per heavy atom. The summed E-state index contributed by atoms with van der Waals surface area (Å²) < 4.78 is 0. The Morgan fingerprint density at radius 3 is 2.09 bits per heavy atom. The molecule has 0 saturated carbocycles. The molecule has 0 radical (unpaired) electrons. The van der Waals surface area contributed by atoms with Gasteiger partial charge in [-0.15, -0.1) is 0 Å². The second kappa shape index (κ2) is 9.92. The van der Waals surface area contributed by atoms with Crippen LogP contribution in [0.5, 0.6) is 0 Å². The first-order valence-corrected chi connectivity index (χ1v) is 4.57. The van der Waals surface area contributed by atoms with Gasteiger partial charge in [-0.05, 0) is 20.4 Å². The van der Waals surface area contributed by atoms with E-state index in [2.05, 4.69) is 12.2 Å². The van der Waals surface area contributed by atoms with E-state index >= 15 is 0 Å². The molecule has 0 aliphatic carbocycles. The van der Waals surface area contributed by atoms with Crippen molar-refractivity contribution in [1.29, 1.82) is 0 Å². The monoisotopic (exact) mass is 161 g/mol. The van der Waals surface area contributed by atoms with E-state index in [9.17, 15) is 5.11 Å². The summed E-state index contributed by atoms with van der Waals surface area (Å²) in [6.07, 6.45) is 1.76. The highest BCUT2D eigenvalue weighted by molar-refractivity contribution is 4.67. The highest BCUT2D eigenvalue weighted by Gasteiger charge is 2.08. The van der Waals surface area contributed by atoms with Crippen molar-refractivity contribution in [3.05, 3.63) is 0 Å². The number of hydrogen-bond acceptors (Lipinski definition) is 2. The minimum Gasteiger partial charge on any atom is -0.392 e. The normalized spacial score (nSPS) is 14.7. The fourth-order valence-electron chi connectivity index (χ4n) is 0.738. The molecule has 0 aromatic rings. The van der Waals surface area contributed by atoms with Gasteiger partial charge < -0.3 is 10.4 Å². The summed E-state index contributed by atoms with van der Waals surface area (Å²) in [5.74, 6) is 0. The first-order chi connectivity index (χ1) is 5.22. The minimum absolute atomic E-state index is 0.181. The maximum atomic E-state index is 9.26. The van der Waals surface area contributed by atoms with Gasteiger partial charge in [0, 0.05) is 6.04 Å². The van der Waals surface area contributed by atoms with Crippen LogP contribution in [0.4, 0.5) is 0 Å². The Balaban J connectivity index is 0. The van der Waals surface area contributed by atoms with Crippen LogP contribution >= 0.6 is 0 Å². The third kappa shape index (κ3) is 7.82. The van der Waals surface area contributed by atoms with Gasteiger partial charge in [0.2, 0.25) is 0 Å². The predicted octanol–water partition coefficient (Wildman–Crippen LogP) is 1.78. The zero-order valence-corrected chi connectivity index (χ0v) is 8.52. The van der Waals surface area contributed by atoms with Gasteiger partial charge in [-0.2, -0.15) is 0 Å². The van der Waals surface area contributed by atoms with Crippen LogP contribution in [-0.2, 0) is 0 Å². The smallest absolute Gasteiger partial charge is 0.0690 e. The molecule has 70 valence electrons. The van der Waals surface area contributed by atoms with Gasteiger partial charge >= 0.3 is 0 Å². The van der Waals surface area contributed by atoms with E-state index in [1.54, 1.807) is 0 Å². The number of aliphatic hydroxyl groups excluding tert-OH is 1. The Kier molecular flexibility index (Phi) is 12.2. The van der Waals surface area contributed by atoms with E-state index in [-0.39, 0.29) is 12.1 Å². The largest absolute Gasteiger partial charge is 0.392 e. The molecule has 2 nitrogen and oxygen atoms in total. The summed E-state index contributed by atoms with van der Waals surface area (Å²) in [4.78, 5) is 0. The lowest BCUT2D eigenvalue weighted by Crippen LogP contribution is -2.34. The molecule has 0 aromatic carbocycles. The van der Waals surface area contributed by atoms with Crippen LogP contribution in [0.1, 0.15) is 40.5 Å². The lowest BCUT2D eigenvalue weighted by atomic mass is 10.1. The molecule has 0 aliphatic rings. The second-order valence-corrected chi connectivity index (χ2v) is 2.43. The number of nitrogens with one attached hydrogen (secondary N) is 1. The van der Waals surface area contributed by atoms with E-state index in [1.807, 2.05) is 27.8 Å². The minimum atomic E-state index is -0.181. The summed E-state index contributed by atoms with van der Waals surface area (Å²) in [5.41, 5.74) is 0. The first kappa shape index (κ1) is 13.5. The van der Waals surface area contributed by atoms with Crippen LogP contribution in [0.2, 0.25) is 0 Å². The van der Waals surface area contributed by atoms with Crippen LogP contribution in [0.3, 0.4) is 0 Å². The predicted molar refractivity (Wildman–Crippen MR) is 50.8 cm³/mol. The maximum Gasteiger partial charge on any atom is 0.0690 e. The summed E-state index contributed by atoms with van der Waals surface area (Å²) in [5, 5.41) is 12.3. The fourth-order valence-corrected chi connectivity index (χ4v) is 0.738. The molecule has 2 atom stereocenters. The fraction of sp³-hybridized carbons (Fsp3) is 1.00. The lowest BCUT2D eigenvalue weighted by Gasteiger charge is -2.16. The SMILES string of the molecule is CC.CCCC(O)C(C)NC. The molecule has 0 rings (SSSR count). The highest BCUT2D eigenvalue weighted by Crippen LogP contribution is 1.99. The number of hydrogen-bond donors (Lipinski definition) is 2. The summed E-state index contributed by atoms with van der Waals surface area (Å²) in [6, 6.07) is 0.227. The third-order valence-corrected chi connectivity index (χ3v) is 1.62. The van der Waals surface area contributed by atoms with Gasteiger partial charge in [-0.1, -0.05) is 27.2 Å². The van der Waals surface area contributed by atoms with Crippen molar-refractivity contribution in [2.75, 3.05) is 7.05 Å². The average Bonchev–Trinajstić information content (AvgIpc) is 2.07. The van der Waals surface area contributed by atoms with E-state index in [4.69, 9.17) is 0 Å².